The van der Waals surface area contributed by atoms with Crippen LogP contribution in [0.1, 0.15) is 24.4 Å². The van der Waals surface area contributed by atoms with Gasteiger partial charge in [0.1, 0.15) is 0 Å². The Kier molecular flexibility index (Phi) is 5.30. The molecule has 0 amide bonds. The van der Waals surface area contributed by atoms with E-state index in [-0.39, 0.29) is 17.5 Å². The lowest BCUT2D eigenvalue weighted by molar-refractivity contribution is -0.386. The molecule has 0 aromatic heterocycles. The van der Waals surface area contributed by atoms with Gasteiger partial charge in [-0.05, 0) is 24.5 Å². The number of hydrogen-bond donors (Lipinski definition) is 2. The maximum absolute atomic E-state index is 11.0. The van der Waals surface area contributed by atoms with Crippen LogP contribution < -0.4 is 5.32 Å². The Hall–Kier alpha value is -1.92. The van der Waals surface area contributed by atoms with Gasteiger partial charge < -0.3 is 10.4 Å². The zero-order valence-electron chi connectivity index (χ0n) is 12.0. The van der Waals surface area contributed by atoms with Gasteiger partial charge in [-0.3, -0.25) is 15.0 Å². The standard InChI is InChI=1S/C15H21N3O3/c1-2-3-4-13(17-9-7-16-8-10-17)12-5-6-15(19)14(11-12)18(20)21/h2,5-6,11,13,16,19H,1,3-4,7-10H2/t13-/m0/s1. The summed E-state index contributed by atoms with van der Waals surface area (Å²) in [6, 6.07) is 4.80. The van der Waals surface area contributed by atoms with Crippen LogP contribution >= 0.6 is 0 Å². The molecule has 1 aliphatic rings. The molecule has 114 valence electrons. The van der Waals surface area contributed by atoms with Crippen molar-refractivity contribution in [2.75, 3.05) is 26.2 Å². The van der Waals surface area contributed by atoms with Gasteiger partial charge in [-0.25, -0.2) is 0 Å². The van der Waals surface area contributed by atoms with Crippen LogP contribution in [-0.2, 0) is 0 Å². The summed E-state index contributed by atoms with van der Waals surface area (Å²) in [6.45, 7) is 7.42. The quantitative estimate of drug-likeness (QED) is 0.477. The lowest BCUT2D eigenvalue weighted by Crippen LogP contribution is -2.45. The van der Waals surface area contributed by atoms with Crippen molar-refractivity contribution in [2.45, 2.75) is 18.9 Å². The van der Waals surface area contributed by atoms with Crippen LogP contribution in [0, 0.1) is 10.1 Å². The molecule has 1 atom stereocenters. The van der Waals surface area contributed by atoms with Crippen LogP contribution in [0.3, 0.4) is 0 Å². The van der Waals surface area contributed by atoms with Gasteiger partial charge >= 0.3 is 5.69 Å². The second-order valence-electron chi connectivity index (χ2n) is 5.17. The Morgan fingerprint density at radius 3 is 2.81 bits per heavy atom. The summed E-state index contributed by atoms with van der Waals surface area (Å²) in [7, 11) is 0. The average molecular weight is 291 g/mol. The molecule has 21 heavy (non-hydrogen) atoms. The lowest BCUT2D eigenvalue weighted by atomic mass is 9.98. The lowest BCUT2D eigenvalue weighted by Gasteiger charge is -2.35. The van der Waals surface area contributed by atoms with Gasteiger partial charge in [-0.2, -0.15) is 0 Å². The van der Waals surface area contributed by atoms with Crippen LogP contribution in [-0.4, -0.2) is 41.1 Å². The van der Waals surface area contributed by atoms with E-state index >= 15 is 0 Å². The van der Waals surface area contributed by atoms with Gasteiger partial charge in [0.15, 0.2) is 5.75 Å². The maximum atomic E-state index is 11.0. The first-order valence-electron chi connectivity index (χ1n) is 7.16. The summed E-state index contributed by atoms with van der Waals surface area (Å²) in [5.74, 6) is -0.286. The van der Waals surface area contributed by atoms with Crippen molar-refractivity contribution in [3.63, 3.8) is 0 Å². The Labute approximate surface area is 124 Å². The topological polar surface area (TPSA) is 78.6 Å². The average Bonchev–Trinajstić information content (AvgIpc) is 2.50. The molecular formula is C15H21N3O3. The number of nitro benzene ring substituents is 1. The van der Waals surface area contributed by atoms with Gasteiger partial charge in [-0.1, -0.05) is 12.1 Å². The molecule has 0 unspecified atom stereocenters. The number of piperazine rings is 1. The zero-order valence-corrected chi connectivity index (χ0v) is 12.0. The molecule has 1 heterocycles. The summed E-state index contributed by atoms with van der Waals surface area (Å²) < 4.78 is 0. The van der Waals surface area contributed by atoms with E-state index in [9.17, 15) is 15.2 Å². The maximum Gasteiger partial charge on any atom is 0.311 e. The van der Waals surface area contributed by atoms with E-state index in [1.165, 1.54) is 12.1 Å². The van der Waals surface area contributed by atoms with Crippen molar-refractivity contribution in [3.8, 4) is 5.75 Å². The van der Waals surface area contributed by atoms with Crippen LogP contribution in [0.15, 0.2) is 30.9 Å². The molecule has 0 bridgehead atoms. The normalized spacial score (nSPS) is 17.3. The molecule has 6 nitrogen and oxygen atoms in total. The molecule has 1 saturated heterocycles. The molecular weight excluding hydrogens is 270 g/mol. The minimum Gasteiger partial charge on any atom is -0.502 e. The second-order valence-corrected chi connectivity index (χ2v) is 5.17. The Balaban J connectivity index is 2.28. The SMILES string of the molecule is C=CCC[C@@H](c1ccc(O)c([N+](=O)[O-])c1)N1CCNCC1. The molecule has 2 N–H and O–H groups in total. The second kappa shape index (κ2) is 7.19. The van der Waals surface area contributed by atoms with Crippen LogP contribution in [0.5, 0.6) is 5.75 Å². The van der Waals surface area contributed by atoms with Crippen LogP contribution in [0.2, 0.25) is 0 Å². The van der Waals surface area contributed by atoms with Gasteiger partial charge in [0.25, 0.3) is 0 Å². The van der Waals surface area contributed by atoms with Crippen molar-refractivity contribution in [1.82, 2.24) is 10.2 Å². The first kappa shape index (κ1) is 15.5. The number of hydrogen-bond acceptors (Lipinski definition) is 5. The summed E-state index contributed by atoms with van der Waals surface area (Å²) >= 11 is 0. The smallest absolute Gasteiger partial charge is 0.311 e. The Morgan fingerprint density at radius 1 is 1.48 bits per heavy atom. The van der Waals surface area contributed by atoms with E-state index in [1.54, 1.807) is 6.07 Å². The Bertz CT molecular complexity index is 513. The van der Waals surface area contributed by atoms with E-state index in [0.717, 1.165) is 44.6 Å². The first-order chi connectivity index (χ1) is 10.1. The van der Waals surface area contributed by atoms with Crippen molar-refractivity contribution in [2.24, 2.45) is 0 Å². The van der Waals surface area contributed by atoms with Gasteiger partial charge in [0.05, 0.1) is 4.92 Å². The number of allylic oxidation sites excluding steroid dienone is 1. The van der Waals surface area contributed by atoms with E-state index in [4.69, 9.17) is 0 Å². The summed E-state index contributed by atoms with van der Waals surface area (Å²) in [5, 5.41) is 23.9. The molecule has 1 aliphatic heterocycles. The molecule has 0 aliphatic carbocycles. The highest BCUT2D eigenvalue weighted by Crippen LogP contribution is 2.33. The van der Waals surface area contributed by atoms with Crippen molar-refractivity contribution in [1.29, 1.82) is 0 Å². The highest BCUT2D eigenvalue weighted by Gasteiger charge is 2.24. The highest BCUT2D eigenvalue weighted by molar-refractivity contribution is 5.48. The third-order valence-corrected chi connectivity index (χ3v) is 3.82. The molecule has 0 saturated carbocycles. The Morgan fingerprint density at radius 2 is 2.19 bits per heavy atom. The van der Waals surface area contributed by atoms with Crippen molar-refractivity contribution in [3.05, 3.63) is 46.5 Å². The molecule has 0 spiro atoms. The van der Waals surface area contributed by atoms with Gasteiger partial charge in [0, 0.05) is 38.3 Å². The van der Waals surface area contributed by atoms with Gasteiger partial charge in [-0.15, -0.1) is 6.58 Å². The van der Waals surface area contributed by atoms with E-state index in [2.05, 4.69) is 16.8 Å². The molecule has 1 aromatic rings. The number of phenols is 1. The fourth-order valence-corrected chi connectivity index (χ4v) is 2.72. The number of nitrogens with one attached hydrogen (secondary N) is 1. The van der Waals surface area contributed by atoms with E-state index in [0.29, 0.717) is 0 Å². The molecule has 2 rings (SSSR count). The fourth-order valence-electron chi connectivity index (χ4n) is 2.72. The molecule has 1 fully saturated rings. The largest absolute Gasteiger partial charge is 0.502 e. The molecule has 1 aromatic carbocycles. The summed E-state index contributed by atoms with van der Waals surface area (Å²) in [6.07, 6.45) is 3.58. The number of rotatable bonds is 6. The molecule has 6 heteroatoms. The van der Waals surface area contributed by atoms with Crippen molar-refractivity contribution >= 4 is 5.69 Å². The summed E-state index contributed by atoms with van der Waals surface area (Å²) in [4.78, 5) is 12.8. The predicted octanol–water partition coefficient (Wildman–Crippen LogP) is 2.21. The highest BCUT2D eigenvalue weighted by atomic mass is 16.6. The van der Waals surface area contributed by atoms with Gasteiger partial charge in [0.2, 0.25) is 0 Å². The molecule has 0 radical (unpaired) electrons. The number of nitro groups is 1. The van der Waals surface area contributed by atoms with E-state index in [1.807, 2.05) is 6.08 Å². The number of nitrogens with zero attached hydrogens (tertiary/aromatic N) is 2. The monoisotopic (exact) mass is 291 g/mol. The fraction of sp³-hybridized carbons (Fsp3) is 0.467. The number of aromatic hydroxyl groups is 1. The minimum atomic E-state index is -0.541. The predicted molar refractivity (Wildman–Crippen MR) is 81.4 cm³/mol. The third kappa shape index (κ3) is 3.80. The van der Waals surface area contributed by atoms with Crippen LogP contribution in [0.4, 0.5) is 5.69 Å². The van der Waals surface area contributed by atoms with Crippen LogP contribution in [0.25, 0.3) is 0 Å². The third-order valence-electron chi connectivity index (χ3n) is 3.82. The zero-order chi connectivity index (χ0) is 15.2. The number of phenolic OH excluding ortho intramolecular Hbond substituents is 1. The number of benzene rings is 1. The minimum absolute atomic E-state index is 0.115. The van der Waals surface area contributed by atoms with E-state index < -0.39 is 4.92 Å². The first-order valence-corrected chi connectivity index (χ1v) is 7.16. The summed E-state index contributed by atoms with van der Waals surface area (Å²) in [5.41, 5.74) is 0.648. The van der Waals surface area contributed by atoms with Crippen molar-refractivity contribution < 1.29 is 10.0 Å².